The van der Waals surface area contributed by atoms with Crippen LogP contribution < -0.4 is 15.5 Å². The number of nitrogens with one attached hydrogen (secondary N) is 2. The number of rotatable bonds is 6. The van der Waals surface area contributed by atoms with Crippen molar-refractivity contribution in [3.8, 4) is 0 Å². The van der Waals surface area contributed by atoms with Crippen LogP contribution in [0.4, 0.5) is 11.4 Å². The van der Waals surface area contributed by atoms with Gasteiger partial charge < -0.3 is 15.5 Å². The van der Waals surface area contributed by atoms with E-state index < -0.39 is 11.8 Å². The third-order valence-electron chi connectivity index (χ3n) is 7.17. The topological polar surface area (TPSA) is 64.7 Å². The molecule has 2 aromatic rings. The Kier molecular flexibility index (Phi) is 7.88. The van der Waals surface area contributed by atoms with E-state index in [1.54, 1.807) is 0 Å². The minimum atomic E-state index is -0.623. The highest BCUT2D eigenvalue weighted by Gasteiger charge is 2.26. The molecule has 0 aromatic heterocycles. The van der Waals surface area contributed by atoms with Crippen LogP contribution in [0.2, 0.25) is 0 Å². The molecule has 6 nitrogen and oxygen atoms in total. The molecule has 0 aliphatic carbocycles. The molecule has 2 aliphatic rings. The molecule has 0 bridgehead atoms. The fraction of sp³-hybridized carbons (Fsp3) is 0.500. The number of fused-ring (bicyclic) bond motifs is 1. The van der Waals surface area contributed by atoms with Crippen LogP contribution in [0.3, 0.4) is 0 Å². The maximum Gasteiger partial charge on any atom is 0.313 e. The number of nitrogens with zero attached hydrogens (tertiary/aromatic N) is 2. The van der Waals surface area contributed by atoms with Crippen LogP contribution in [0.25, 0.3) is 0 Å². The molecule has 1 saturated heterocycles. The SMILES string of the molecule is CC(C)c1ccc(NC(=O)C(=O)NCC(c2ccc3c(c2)CCCN3C)N2CCCCC2)cc1. The molecule has 1 unspecified atom stereocenters. The summed E-state index contributed by atoms with van der Waals surface area (Å²) in [5.74, 6) is -0.793. The lowest BCUT2D eigenvalue weighted by Gasteiger charge is -2.36. The van der Waals surface area contributed by atoms with Gasteiger partial charge in [-0.15, -0.1) is 0 Å². The van der Waals surface area contributed by atoms with Crippen LogP contribution in [0.1, 0.15) is 68.2 Å². The minimum Gasteiger partial charge on any atom is -0.374 e. The Morgan fingerprint density at radius 2 is 1.59 bits per heavy atom. The first kappa shape index (κ1) is 24.3. The Bertz CT molecular complexity index is 996. The van der Waals surface area contributed by atoms with E-state index in [0.717, 1.165) is 32.5 Å². The predicted octanol–water partition coefficient (Wildman–Crippen LogP) is 4.47. The van der Waals surface area contributed by atoms with E-state index in [2.05, 4.69) is 59.5 Å². The summed E-state index contributed by atoms with van der Waals surface area (Å²) < 4.78 is 0. The Balaban J connectivity index is 1.43. The van der Waals surface area contributed by atoms with Gasteiger partial charge in [-0.25, -0.2) is 0 Å². The normalized spacial score (nSPS) is 17.2. The van der Waals surface area contributed by atoms with E-state index in [1.807, 2.05) is 24.3 Å². The van der Waals surface area contributed by atoms with Crippen molar-refractivity contribution in [1.82, 2.24) is 10.2 Å². The molecule has 2 aromatic carbocycles. The van der Waals surface area contributed by atoms with Crippen LogP contribution in [0.15, 0.2) is 42.5 Å². The number of hydrogen-bond donors (Lipinski definition) is 2. The van der Waals surface area contributed by atoms with Crippen molar-refractivity contribution in [2.75, 3.05) is 43.4 Å². The summed E-state index contributed by atoms with van der Waals surface area (Å²) in [5.41, 5.74) is 5.74. The average molecular weight is 463 g/mol. The molecule has 2 aliphatic heterocycles. The molecular formula is C28H38N4O2. The summed E-state index contributed by atoms with van der Waals surface area (Å²) in [4.78, 5) is 30.0. The van der Waals surface area contributed by atoms with E-state index in [4.69, 9.17) is 0 Å². The number of carbonyl (C=O) groups is 2. The van der Waals surface area contributed by atoms with Crippen molar-refractivity contribution in [2.45, 2.75) is 57.9 Å². The quantitative estimate of drug-likeness (QED) is 0.622. The third kappa shape index (κ3) is 5.79. The molecule has 34 heavy (non-hydrogen) atoms. The average Bonchev–Trinajstić information content (AvgIpc) is 2.85. The first-order valence-corrected chi connectivity index (χ1v) is 12.7. The van der Waals surface area contributed by atoms with Gasteiger partial charge in [-0.1, -0.05) is 44.5 Å². The maximum absolute atomic E-state index is 12.7. The largest absolute Gasteiger partial charge is 0.374 e. The number of benzene rings is 2. The monoisotopic (exact) mass is 462 g/mol. The third-order valence-corrected chi connectivity index (χ3v) is 7.17. The fourth-order valence-corrected chi connectivity index (χ4v) is 5.11. The van der Waals surface area contributed by atoms with Crippen molar-refractivity contribution in [2.24, 2.45) is 0 Å². The highest BCUT2D eigenvalue weighted by Crippen LogP contribution is 2.31. The molecule has 6 heteroatoms. The van der Waals surface area contributed by atoms with Gasteiger partial charge in [0.1, 0.15) is 0 Å². The fourth-order valence-electron chi connectivity index (χ4n) is 5.11. The summed E-state index contributed by atoms with van der Waals surface area (Å²) >= 11 is 0. The molecule has 2 amide bonds. The summed E-state index contributed by atoms with van der Waals surface area (Å²) in [6.45, 7) is 7.81. The molecular weight excluding hydrogens is 424 g/mol. The van der Waals surface area contributed by atoms with Crippen molar-refractivity contribution in [1.29, 1.82) is 0 Å². The van der Waals surface area contributed by atoms with Gasteiger partial charge in [-0.05, 0) is 79.6 Å². The Morgan fingerprint density at radius 1 is 0.882 bits per heavy atom. The predicted molar refractivity (Wildman–Crippen MR) is 138 cm³/mol. The number of aryl methyl sites for hydroxylation is 1. The van der Waals surface area contributed by atoms with E-state index in [0.29, 0.717) is 18.2 Å². The lowest BCUT2D eigenvalue weighted by atomic mass is 9.95. The number of anilines is 2. The Morgan fingerprint density at radius 3 is 2.29 bits per heavy atom. The molecule has 2 N–H and O–H groups in total. The second kappa shape index (κ2) is 11.0. The zero-order chi connectivity index (χ0) is 24.1. The van der Waals surface area contributed by atoms with Gasteiger partial charge >= 0.3 is 11.8 Å². The number of likely N-dealkylation sites (tertiary alicyclic amines) is 1. The standard InChI is InChI=1S/C28H38N4O2/c1-20(2)21-9-12-24(13-10-21)30-28(34)27(33)29-19-26(32-16-5-4-6-17-32)23-11-14-25-22(18-23)8-7-15-31(25)3/h9-14,18,20,26H,4-8,15-17,19H2,1-3H3,(H,29,33)(H,30,34). The van der Waals surface area contributed by atoms with Gasteiger partial charge in [0.15, 0.2) is 0 Å². The number of carbonyl (C=O) groups excluding carboxylic acids is 2. The first-order valence-electron chi connectivity index (χ1n) is 12.7. The van der Waals surface area contributed by atoms with Crippen molar-refractivity contribution < 1.29 is 9.59 Å². The van der Waals surface area contributed by atoms with Gasteiger partial charge in [0.05, 0.1) is 6.04 Å². The molecule has 4 rings (SSSR count). The van der Waals surface area contributed by atoms with E-state index >= 15 is 0 Å². The first-order chi connectivity index (χ1) is 16.4. The van der Waals surface area contributed by atoms with E-state index in [1.165, 1.54) is 41.6 Å². The van der Waals surface area contributed by atoms with Gasteiger partial charge in [0, 0.05) is 31.5 Å². The molecule has 0 spiro atoms. The summed E-state index contributed by atoms with van der Waals surface area (Å²) in [6, 6.07) is 14.5. The highest BCUT2D eigenvalue weighted by molar-refractivity contribution is 6.39. The summed E-state index contributed by atoms with van der Waals surface area (Å²) in [6.07, 6.45) is 5.85. The molecule has 182 valence electrons. The van der Waals surface area contributed by atoms with Gasteiger partial charge in [-0.3, -0.25) is 14.5 Å². The van der Waals surface area contributed by atoms with Gasteiger partial charge in [-0.2, -0.15) is 0 Å². The second-order valence-electron chi connectivity index (χ2n) is 9.97. The van der Waals surface area contributed by atoms with Crippen LogP contribution in [-0.4, -0.2) is 49.9 Å². The van der Waals surface area contributed by atoms with Crippen molar-refractivity contribution in [3.63, 3.8) is 0 Å². The van der Waals surface area contributed by atoms with Gasteiger partial charge in [0.25, 0.3) is 0 Å². The van der Waals surface area contributed by atoms with Gasteiger partial charge in [0.2, 0.25) is 0 Å². The maximum atomic E-state index is 12.7. The number of amides is 2. The van der Waals surface area contributed by atoms with Crippen LogP contribution in [-0.2, 0) is 16.0 Å². The Hall–Kier alpha value is -2.86. The molecule has 2 heterocycles. The molecule has 1 atom stereocenters. The highest BCUT2D eigenvalue weighted by atomic mass is 16.2. The zero-order valence-corrected chi connectivity index (χ0v) is 20.8. The number of hydrogen-bond acceptors (Lipinski definition) is 4. The lowest BCUT2D eigenvalue weighted by molar-refractivity contribution is -0.136. The van der Waals surface area contributed by atoms with Crippen molar-refractivity contribution in [3.05, 3.63) is 59.2 Å². The van der Waals surface area contributed by atoms with Crippen LogP contribution >= 0.6 is 0 Å². The minimum absolute atomic E-state index is 0.0694. The second-order valence-corrected chi connectivity index (χ2v) is 9.97. The lowest BCUT2D eigenvalue weighted by Crippen LogP contribution is -2.43. The summed E-state index contributed by atoms with van der Waals surface area (Å²) in [7, 11) is 2.15. The smallest absolute Gasteiger partial charge is 0.313 e. The van der Waals surface area contributed by atoms with E-state index in [9.17, 15) is 9.59 Å². The number of piperidine rings is 1. The molecule has 0 saturated carbocycles. The molecule has 1 fully saturated rings. The van der Waals surface area contributed by atoms with Crippen LogP contribution in [0.5, 0.6) is 0 Å². The Labute approximate surface area is 203 Å². The van der Waals surface area contributed by atoms with E-state index in [-0.39, 0.29) is 6.04 Å². The zero-order valence-electron chi connectivity index (χ0n) is 20.8. The van der Waals surface area contributed by atoms with Crippen LogP contribution in [0, 0.1) is 0 Å². The van der Waals surface area contributed by atoms with Crippen molar-refractivity contribution >= 4 is 23.2 Å². The summed E-state index contributed by atoms with van der Waals surface area (Å²) in [5, 5.41) is 5.64. The molecule has 0 radical (unpaired) electrons.